The Labute approximate surface area is 178 Å². The molecule has 3 rings (SSSR count). The van der Waals surface area contributed by atoms with Gasteiger partial charge in [0.15, 0.2) is 11.5 Å². The summed E-state index contributed by atoms with van der Waals surface area (Å²) in [5, 5.41) is 3.06. The highest BCUT2D eigenvalue weighted by molar-refractivity contribution is 5.76. The highest BCUT2D eigenvalue weighted by Gasteiger charge is 2.13. The van der Waals surface area contributed by atoms with Crippen molar-refractivity contribution in [2.75, 3.05) is 7.11 Å². The van der Waals surface area contributed by atoms with Crippen LogP contribution in [0, 0.1) is 6.92 Å². The number of carbonyl (C=O) groups excluding carboxylic acids is 1. The lowest BCUT2D eigenvalue weighted by molar-refractivity contribution is -0.121. The third-order valence-corrected chi connectivity index (χ3v) is 4.97. The first-order valence-electron chi connectivity index (χ1n) is 10.1. The molecular weight excluding hydrogens is 376 g/mol. The van der Waals surface area contributed by atoms with Gasteiger partial charge in [-0.1, -0.05) is 35.9 Å². The largest absolute Gasteiger partial charge is 0.493 e. The normalized spacial score (nSPS) is 11.6. The molecule has 1 aromatic heterocycles. The average Bonchev–Trinajstić information content (AvgIpc) is 2.77. The molecule has 0 aliphatic rings. The fraction of sp³-hybridized carbons (Fsp3) is 0.280. The van der Waals surface area contributed by atoms with Crippen molar-refractivity contribution in [2.45, 2.75) is 39.3 Å². The second kappa shape index (κ2) is 10.4. The van der Waals surface area contributed by atoms with Crippen molar-refractivity contribution < 1.29 is 14.3 Å². The van der Waals surface area contributed by atoms with E-state index in [0.29, 0.717) is 24.5 Å². The van der Waals surface area contributed by atoms with Crippen molar-refractivity contribution >= 4 is 5.91 Å². The van der Waals surface area contributed by atoms with Gasteiger partial charge in [-0.05, 0) is 61.2 Å². The predicted molar refractivity (Wildman–Crippen MR) is 118 cm³/mol. The quantitative estimate of drug-likeness (QED) is 0.557. The molecule has 0 fully saturated rings. The maximum Gasteiger partial charge on any atom is 0.220 e. The van der Waals surface area contributed by atoms with E-state index in [-0.39, 0.29) is 11.9 Å². The van der Waals surface area contributed by atoms with Crippen LogP contribution >= 0.6 is 0 Å². The van der Waals surface area contributed by atoms with Crippen LogP contribution in [-0.4, -0.2) is 18.0 Å². The van der Waals surface area contributed by atoms with Crippen LogP contribution in [0.15, 0.2) is 67.0 Å². The molecule has 30 heavy (non-hydrogen) atoms. The van der Waals surface area contributed by atoms with Gasteiger partial charge in [0.1, 0.15) is 6.61 Å². The number of pyridine rings is 1. The van der Waals surface area contributed by atoms with Crippen LogP contribution in [0.1, 0.15) is 41.6 Å². The number of hydrogen-bond acceptors (Lipinski definition) is 4. The predicted octanol–water partition coefficient (Wildman–Crippen LogP) is 4.79. The fourth-order valence-electron chi connectivity index (χ4n) is 3.12. The highest BCUT2D eigenvalue weighted by atomic mass is 16.5. The van der Waals surface area contributed by atoms with Crippen LogP contribution in [0.3, 0.4) is 0 Å². The molecule has 2 aromatic carbocycles. The standard InChI is InChI=1S/C25H28N2O3/c1-18-4-6-20(7-5-18)8-11-25(28)27-19(2)22-9-10-23(24(16-22)29-3)30-17-21-12-14-26-15-13-21/h4-7,9-10,12-16,19H,8,11,17H2,1-3H3,(H,27,28). The van der Waals surface area contributed by atoms with Gasteiger partial charge in [-0.2, -0.15) is 0 Å². The van der Waals surface area contributed by atoms with Gasteiger partial charge < -0.3 is 14.8 Å². The van der Waals surface area contributed by atoms with Gasteiger partial charge in [-0.25, -0.2) is 0 Å². The summed E-state index contributed by atoms with van der Waals surface area (Å²) in [6.45, 7) is 4.46. The summed E-state index contributed by atoms with van der Waals surface area (Å²) < 4.78 is 11.4. The van der Waals surface area contributed by atoms with Crippen molar-refractivity contribution in [3.05, 3.63) is 89.2 Å². The van der Waals surface area contributed by atoms with Gasteiger partial charge in [-0.15, -0.1) is 0 Å². The van der Waals surface area contributed by atoms with E-state index in [1.807, 2.05) is 37.3 Å². The molecule has 0 bridgehead atoms. The minimum absolute atomic E-state index is 0.0278. The number of benzene rings is 2. The van der Waals surface area contributed by atoms with Crippen LogP contribution in [0.5, 0.6) is 11.5 Å². The zero-order chi connectivity index (χ0) is 21.3. The molecule has 0 aliphatic heterocycles. The maximum atomic E-state index is 12.4. The first-order valence-corrected chi connectivity index (χ1v) is 10.1. The minimum Gasteiger partial charge on any atom is -0.493 e. The minimum atomic E-state index is -0.126. The van der Waals surface area contributed by atoms with E-state index in [0.717, 1.165) is 17.5 Å². The molecular formula is C25H28N2O3. The Bertz CT molecular complexity index is 956. The van der Waals surface area contributed by atoms with Crippen molar-refractivity contribution in [3.8, 4) is 11.5 Å². The van der Waals surface area contributed by atoms with E-state index >= 15 is 0 Å². The Balaban J connectivity index is 1.56. The summed E-state index contributed by atoms with van der Waals surface area (Å²) in [6, 6.07) is 17.7. The number of ether oxygens (including phenoxy) is 2. The number of rotatable bonds is 9. The molecule has 1 atom stereocenters. The van der Waals surface area contributed by atoms with Gasteiger partial charge in [0.25, 0.3) is 0 Å². The summed E-state index contributed by atoms with van der Waals surface area (Å²) >= 11 is 0. The van der Waals surface area contributed by atoms with Crippen LogP contribution in [0.2, 0.25) is 0 Å². The average molecular weight is 405 g/mol. The first kappa shape index (κ1) is 21.4. The lowest BCUT2D eigenvalue weighted by atomic mass is 10.1. The molecule has 156 valence electrons. The van der Waals surface area contributed by atoms with E-state index in [9.17, 15) is 4.79 Å². The SMILES string of the molecule is COc1cc(C(C)NC(=O)CCc2ccc(C)cc2)ccc1OCc1ccncc1. The van der Waals surface area contributed by atoms with Crippen LogP contribution in [0.25, 0.3) is 0 Å². The van der Waals surface area contributed by atoms with Crippen LogP contribution < -0.4 is 14.8 Å². The summed E-state index contributed by atoms with van der Waals surface area (Å²) in [6.07, 6.45) is 4.66. The lowest BCUT2D eigenvalue weighted by Gasteiger charge is -2.17. The summed E-state index contributed by atoms with van der Waals surface area (Å²) in [7, 11) is 1.61. The molecule has 0 saturated carbocycles. The summed E-state index contributed by atoms with van der Waals surface area (Å²) in [4.78, 5) is 16.4. The number of methoxy groups -OCH3 is 1. The van der Waals surface area contributed by atoms with Crippen molar-refractivity contribution in [3.63, 3.8) is 0 Å². The van der Waals surface area contributed by atoms with Gasteiger partial charge in [0, 0.05) is 18.8 Å². The van der Waals surface area contributed by atoms with Gasteiger partial charge >= 0.3 is 0 Å². The van der Waals surface area contributed by atoms with Crippen molar-refractivity contribution in [1.29, 1.82) is 0 Å². The Morgan fingerprint density at radius 3 is 2.43 bits per heavy atom. The Hall–Kier alpha value is -3.34. The fourth-order valence-corrected chi connectivity index (χ4v) is 3.12. The second-order valence-electron chi connectivity index (χ2n) is 7.33. The van der Waals surface area contributed by atoms with E-state index in [4.69, 9.17) is 9.47 Å². The molecule has 3 aromatic rings. The Morgan fingerprint density at radius 1 is 1.00 bits per heavy atom. The molecule has 0 aliphatic carbocycles. The van der Waals surface area contributed by atoms with Gasteiger partial charge in [-0.3, -0.25) is 9.78 Å². The van der Waals surface area contributed by atoms with Gasteiger partial charge in [0.2, 0.25) is 5.91 Å². The van der Waals surface area contributed by atoms with Gasteiger partial charge in [0.05, 0.1) is 13.2 Å². The summed E-state index contributed by atoms with van der Waals surface area (Å²) in [5.41, 5.74) is 4.39. The molecule has 5 nitrogen and oxygen atoms in total. The monoisotopic (exact) mass is 404 g/mol. The first-order chi connectivity index (χ1) is 14.5. The topological polar surface area (TPSA) is 60.5 Å². The van der Waals surface area contributed by atoms with Crippen LogP contribution in [-0.2, 0) is 17.8 Å². The number of hydrogen-bond donors (Lipinski definition) is 1. The number of nitrogens with one attached hydrogen (secondary N) is 1. The second-order valence-corrected chi connectivity index (χ2v) is 7.33. The number of aromatic nitrogens is 1. The maximum absolute atomic E-state index is 12.4. The Kier molecular flexibility index (Phi) is 7.44. The third kappa shape index (κ3) is 6.08. The zero-order valence-corrected chi connectivity index (χ0v) is 17.7. The van der Waals surface area contributed by atoms with E-state index in [2.05, 4.69) is 41.5 Å². The van der Waals surface area contributed by atoms with Crippen molar-refractivity contribution in [1.82, 2.24) is 10.3 Å². The molecule has 0 spiro atoms. The molecule has 1 heterocycles. The molecule has 0 radical (unpaired) electrons. The lowest BCUT2D eigenvalue weighted by Crippen LogP contribution is -2.26. The van der Waals surface area contributed by atoms with E-state index in [1.54, 1.807) is 19.5 Å². The van der Waals surface area contributed by atoms with E-state index < -0.39 is 0 Å². The smallest absolute Gasteiger partial charge is 0.220 e. The summed E-state index contributed by atoms with van der Waals surface area (Å²) in [5.74, 6) is 1.33. The van der Waals surface area contributed by atoms with Crippen molar-refractivity contribution in [2.24, 2.45) is 0 Å². The highest BCUT2D eigenvalue weighted by Crippen LogP contribution is 2.31. The molecule has 1 unspecified atom stereocenters. The molecule has 1 amide bonds. The number of amides is 1. The Morgan fingerprint density at radius 2 is 1.73 bits per heavy atom. The third-order valence-electron chi connectivity index (χ3n) is 4.97. The van der Waals surface area contributed by atoms with E-state index in [1.165, 1.54) is 11.1 Å². The molecule has 5 heteroatoms. The molecule has 0 saturated heterocycles. The van der Waals surface area contributed by atoms with Crippen LogP contribution in [0.4, 0.5) is 0 Å². The number of carbonyl (C=O) groups is 1. The molecule has 1 N–H and O–H groups in total. The number of nitrogens with zero attached hydrogens (tertiary/aromatic N) is 1. The number of aryl methyl sites for hydroxylation is 2. The zero-order valence-electron chi connectivity index (χ0n) is 17.7.